The molecule has 1 aliphatic rings. The molecule has 0 fully saturated rings. The molecule has 0 unspecified atom stereocenters. The van der Waals surface area contributed by atoms with Crippen LogP contribution in [-0.4, -0.2) is 42.2 Å². The highest BCUT2D eigenvalue weighted by Crippen LogP contribution is 2.40. The Hall–Kier alpha value is -3.75. The van der Waals surface area contributed by atoms with Crippen molar-refractivity contribution in [3.63, 3.8) is 0 Å². The minimum absolute atomic E-state index is 0.0614. The van der Waals surface area contributed by atoms with E-state index in [-0.39, 0.29) is 11.8 Å². The lowest BCUT2D eigenvalue weighted by molar-refractivity contribution is -0.116. The molecule has 0 saturated carbocycles. The van der Waals surface area contributed by atoms with Gasteiger partial charge in [0.15, 0.2) is 11.5 Å². The number of benzene rings is 1. The van der Waals surface area contributed by atoms with Crippen molar-refractivity contribution >= 4 is 22.9 Å². The van der Waals surface area contributed by atoms with E-state index in [9.17, 15) is 4.79 Å². The topological polar surface area (TPSA) is 111 Å². The molecule has 0 bridgehead atoms. The van der Waals surface area contributed by atoms with Crippen LogP contribution in [0.4, 0.5) is 5.82 Å². The van der Waals surface area contributed by atoms with Crippen molar-refractivity contribution in [1.29, 1.82) is 0 Å². The van der Waals surface area contributed by atoms with Gasteiger partial charge in [-0.05, 0) is 30.5 Å². The number of anilines is 1. The second-order valence-corrected chi connectivity index (χ2v) is 8.14. The number of aromatic nitrogens is 6. The first-order valence-electron chi connectivity index (χ1n) is 10.3. The summed E-state index contributed by atoms with van der Waals surface area (Å²) in [6, 6.07) is 7.97. The monoisotopic (exact) mass is 417 g/mol. The Morgan fingerprint density at radius 3 is 2.77 bits per heavy atom. The van der Waals surface area contributed by atoms with Gasteiger partial charge in [-0.3, -0.25) is 4.79 Å². The zero-order chi connectivity index (χ0) is 21.5. The van der Waals surface area contributed by atoms with Gasteiger partial charge in [0.1, 0.15) is 23.4 Å². The van der Waals surface area contributed by atoms with Gasteiger partial charge in [-0.15, -0.1) is 0 Å². The number of hydrogen-bond acceptors (Lipinski definition) is 6. The number of fused-ring (bicyclic) bond motifs is 2. The lowest BCUT2D eigenvalue weighted by Crippen LogP contribution is -2.25. The number of hydrogen-bond donors (Lipinski definition) is 2. The molecule has 3 aromatic heterocycles. The van der Waals surface area contributed by atoms with Crippen LogP contribution in [0.5, 0.6) is 5.75 Å². The van der Waals surface area contributed by atoms with Crippen molar-refractivity contribution in [2.75, 3.05) is 11.9 Å². The summed E-state index contributed by atoms with van der Waals surface area (Å²) in [5.41, 5.74) is 4.08. The molecule has 4 heterocycles. The number of carbonyl (C=O) groups is 1. The molecule has 0 aliphatic carbocycles. The molecule has 5 rings (SSSR count). The maximum atomic E-state index is 12.6. The van der Waals surface area contributed by atoms with E-state index < -0.39 is 0 Å². The highest BCUT2D eigenvalue weighted by atomic mass is 16.5. The summed E-state index contributed by atoms with van der Waals surface area (Å²) in [5.74, 6) is 2.30. The summed E-state index contributed by atoms with van der Waals surface area (Å²) in [4.78, 5) is 28.4. The predicted molar refractivity (Wildman–Crippen MR) is 115 cm³/mol. The minimum Gasteiger partial charge on any atom is -0.493 e. The molecule has 1 atom stereocenters. The summed E-state index contributed by atoms with van der Waals surface area (Å²) in [5, 5.41) is 7.70. The molecule has 0 radical (unpaired) electrons. The fourth-order valence-electron chi connectivity index (χ4n) is 3.96. The number of nitrogens with one attached hydrogen (secondary N) is 2. The van der Waals surface area contributed by atoms with E-state index in [1.807, 2.05) is 31.2 Å². The van der Waals surface area contributed by atoms with Gasteiger partial charge in [0, 0.05) is 17.9 Å². The summed E-state index contributed by atoms with van der Waals surface area (Å²) in [7, 11) is 0. The quantitative estimate of drug-likeness (QED) is 0.515. The molecule has 1 amide bonds. The van der Waals surface area contributed by atoms with Crippen LogP contribution in [0.25, 0.3) is 17.0 Å². The predicted octanol–water partition coefficient (Wildman–Crippen LogP) is 3.36. The Bertz CT molecular complexity index is 1260. The van der Waals surface area contributed by atoms with Crippen molar-refractivity contribution in [3.05, 3.63) is 53.7 Å². The second-order valence-electron chi connectivity index (χ2n) is 8.14. The zero-order valence-corrected chi connectivity index (χ0v) is 17.6. The van der Waals surface area contributed by atoms with Crippen LogP contribution >= 0.6 is 0 Å². The smallest absolute Gasteiger partial charge is 0.226 e. The number of nitrogens with zero attached hydrogens (tertiary/aromatic N) is 5. The van der Waals surface area contributed by atoms with Gasteiger partial charge in [-0.1, -0.05) is 26.0 Å². The molecular weight excluding hydrogens is 394 g/mol. The molecule has 9 nitrogen and oxygen atoms in total. The molecule has 0 saturated heterocycles. The average Bonchev–Trinajstić information content (AvgIpc) is 3.36. The summed E-state index contributed by atoms with van der Waals surface area (Å²) < 4.78 is 7.46. The normalized spacial score (nSPS) is 15.9. The maximum absolute atomic E-state index is 12.6. The molecule has 4 aromatic rings. The largest absolute Gasteiger partial charge is 0.493 e. The van der Waals surface area contributed by atoms with Gasteiger partial charge in [-0.2, -0.15) is 9.78 Å². The molecule has 31 heavy (non-hydrogen) atoms. The molecule has 2 N–H and O–H groups in total. The van der Waals surface area contributed by atoms with Crippen molar-refractivity contribution in [2.45, 2.75) is 33.1 Å². The fourth-order valence-corrected chi connectivity index (χ4v) is 3.96. The van der Waals surface area contributed by atoms with Crippen LogP contribution in [0, 0.1) is 12.8 Å². The van der Waals surface area contributed by atoms with Crippen LogP contribution in [-0.2, 0) is 4.79 Å². The number of H-pyrrole nitrogens is 1. The van der Waals surface area contributed by atoms with E-state index in [0.29, 0.717) is 41.7 Å². The first-order chi connectivity index (χ1) is 15.0. The van der Waals surface area contributed by atoms with Crippen molar-refractivity contribution in [2.24, 2.45) is 5.92 Å². The number of imidazole rings is 1. The first kappa shape index (κ1) is 19.2. The lowest BCUT2D eigenvalue weighted by atomic mass is 9.86. The Labute approximate surface area is 178 Å². The van der Waals surface area contributed by atoms with Crippen molar-refractivity contribution < 1.29 is 9.53 Å². The summed E-state index contributed by atoms with van der Waals surface area (Å²) >= 11 is 0. The first-order valence-corrected chi connectivity index (χ1v) is 10.3. The van der Waals surface area contributed by atoms with Gasteiger partial charge in [0.25, 0.3) is 0 Å². The van der Waals surface area contributed by atoms with Crippen molar-refractivity contribution in [1.82, 2.24) is 29.7 Å². The molecule has 0 spiro atoms. The summed E-state index contributed by atoms with van der Waals surface area (Å²) in [6.45, 7) is 6.85. The number of aryl methyl sites for hydroxylation is 1. The van der Waals surface area contributed by atoms with Gasteiger partial charge in [0.2, 0.25) is 5.91 Å². The average molecular weight is 417 g/mol. The molecule has 1 aliphatic heterocycles. The summed E-state index contributed by atoms with van der Waals surface area (Å²) in [6.07, 6.45) is 3.37. The Morgan fingerprint density at radius 1 is 1.19 bits per heavy atom. The van der Waals surface area contributed by atoms with E-state index in [1.54, 1.807) is 11.0 Å². The third-order valence-electron chi connectivity index (χ3n) is 5.37. The minimum atomic E-state index is -0.101. The van der Waals surface area contributed by atoms with Crippen LogP contribution in [0.1, 0.15) is 43.0 Å². The van der Waals surface area contributed by atoms with Gasteiger partial charge >= 0.3 is 0 Å². The van der Waals surface area contributed by atoms with Crippen molar-refractivity contribution in [3.8, 4) is 11.6 Å². The highest BCUT2D eigenvalue weighted by molar-refractivity contribution is 5.95. The van der Waals surface area contributed by atoms with Crippen LogP contribution in [0.2, 0.25) is 0 Å². The van der Waals surface area contributed by atoms with Gasteiger partial charge in [-0.25, -0.2) is 15.0 Å². The third kappa shape index (κ3) is 3.41. The second kappa shape index (κ2) is 7.50. The Morgan fingerprint density at radius 2 is 2.00 bits per heavy atom. The lowest BCUT2D eigenvalue weighted by Gasteiger charge is -2.24. The third-order valence-corrected chi connectivity index (χ3v) is 5.37. The van der Waals surface area contributed by atoms with Gasteiger partial charge < -0.3 is 15.0 Å². The Kier molecular flexibility index (Phi) is 4.65. The van der Waals surface area contributed by atoms with E-state index >= 15 is 0 Å². The van der Waals surface area contributed by atoms with E-state index in [2.05, 4.69) is 39.1 Å². The standard InChI is InChI=1S/C22H23N7O2/c1-12(2)9-31-15-6-4-14(5-7-15)16-8-17(30)27-21-18(16)13(3)28-29(21)22-19-20(24-10-23-19)25-11-26-22/h4-7,10-12,16H,8-9H2,1-3H3,(H,27,30)(H,23,24,25,26)/t16-/m0/s1. The molecular formula is C22H23N7O2. The number of rotatable bonds is 5. The highest BCUT2D eigenvalue weighted by Gasteiger charge is 2.33. The number of ether oxygens (including phenoxy) is 1. The van der Waals surface area contributed by atoms with Gasteiger partial charge in [0.05, 0.1) is 18.6 Å². The van der Waals surface area contributed by atoms with E-state index in [4.69, 9.17) is 9.84 Å². The molecule has 9 heteroatoms. The number of amides is 1. The fraction of sp³-hybridized carbons (Fsp3) is 0.318. The molecule has 158 valence electrons. The number of carbonyl (C=O) groups excluding carboxylic acids is 1. The maximum Gasteiger partial charge on any atom is 0.226 e. The Balaban J connectivity index is 1.56. The van der Waals surface area contributed by atoms with E-state index in [1.165, 1.54) is 6.33 Å². The SMILES string of the molecule is Cc1nn(-c2ncnc3nc[nH]c23)c2c1[C@H](c1ccc(OCC(C)C)cc1)CC(=O)N2. The van der Waals surface area contributed by atoms with Crippen LogP contribution < -0.4 is 10.1 Å². The zero-order valence-electron chi connectivity index (χ0n) is 17.6. The number of aromatic amines is 1. The van der Waals surface area contributed by atoms with Crippen LogP contribution in [0.15, 0.2) is 36.9 Å². The van der Waals surface area contributed by atoms with Crippen LogP contribution in [0.3, 0.4) is 0 Å². The van der Waals surface area contributed by atoms with E-state index in [0.717, 1.165) is 22.6 Å². The molecule has 1 aromatic carbocycles.